The van der Waals surface area contributed by atoms with E-state index in [1.54, 1.807) is 0 Å². The van der Waals surface area contributed by atoms with Crippen LogP contribution in [0.2, 0.25) is 0 Å². The predicted octanol–water partition coefficient (Wildman–Crippen LogP) is 3.75. The van der Waals surface area contributed by atoms with Crippen LogP contribution in [0.15, 0.2) is 17.5 Å². The Labute approximate surface area is 116 Å². The molecule has 0 aliphatic carbocycles. The van der Waals surface area contributed by atoms with Crippen LogP contribution in [0.3, 0.4) is 0 Å². The monoisotopic (exact) mass is 268 g/mol. The Hall–Kier alpha value is -0.380. The molecule has 1 unspecified atom stereocenters. The quantitative estimate of drug-likeness (QED) is 0.816. The molecule has 1 heterocycles. The summed E-state index contributed by atoms with van der Waals surface area (Å²) >= 11 is 1.86. The molecule has 104 valence electrons. The fraction of sp³-hybridized carbons (Fsp3) is 0.733. The molecule has 18 heavy (non-hydrogen) atoms. The number of hydrogen-bond acceptors (Lipinski definition) is 3. The third kappa shape index (κ3) is 4.08. The average Bonchev–Trinajstić information content (AvgIpc) is 2.81. The van der Waals surface area contributed by atoms with Gasteiger partial charge in [-0.15, -0.1) is 11.3 Å². The molecular formula is C15H28N2S. The highest BCUT2D eigenvalue weighted by Gasteiger charge is 2.28. The number of thiophene rings is 1. The van der Waals surface area contributed by atoms with Crippen molar-refractivity contribution in [1.29, 1.82) is 0 Å². The van der Waals surface area contributed by atoms with Crippen LogP contribution in [0.1, 0.15) is 45.5 Å². The van der Waals surface area contributed by atoms with E-state index in [-0.39, 0.29) is 5.41 Å². The minimum Gasteiger partial charge on any atom is -0.330 e. The molecule has 0 aromatic carbocycles. The van der Waals surface area contributed by atoms with Crippen LogP contribution in [0.4, 0.5) is 0 Å². The van der Waals surface area contributed by atoms with Gasteiger partial charge in [-0.05, 0) is 35.9 Å². The Balaban J connectivity index is 2.89. The smallest absolute Gasteiger partial charge is 0.0464 e. The summed E-state index contributed by atoms with van der Waals surface area (Å²) in [4.78, 5) is 4.04. The van der Waals surface area contributed by atoms with Gasteiger partial charge in [-0.1, -0.05) is 40.7 Å². The van der Waals surface area contributed by atoms with Gasteiger partial charge >= 0.3 is 0 Å². The SMILES string of the molecule is CCN(CC(C)(C)CN)C(c1cccs1)C(C)C. The van der Waals surface area contributed by atoms with E-state index in [9.17, 15) is 0 Å². The molecular weight excluding hydrogens is 240 g/mol. The Morgan fingerprint density at radius 3 is 2.44 bits per heavy atom. The van der Waals surface area contributed by atoms with Crippen molar-refractivity contribution in [2.24, 2.45) is 17.1 Å². The maximum absolute atomic E-state index is 5.88. The summed E-state index contributed by atoms with van der Waals surface area (Å²) < 4.78 is 0. The molecule has 1 aromatic heterocycles. The number of nitrogens with two attached hydrogens (primary N) is 1. The Morgan fingerprint density at radius 1 is 1.39 bits per heavy atom. The van der Waals surface area contributed by atoms with Gasteiger partial charge in [-0.25, -0.2) is 0 Å². The first kappa shape index (κ1) is 15.7. The van der Waals surface area contributed by atoms with Crippen LogP contribution >= 0.6 is 11.3 Å². The normalized spacial score (nSPS) is 14.4. The topological polar surface area (TPSA) is 29.3 Å². The first-order valence-electron chi connectivity index (χ1n) is 6.88. The van der Waals surface area contributed by atoms with Crippen LogP contribution in [-0.4, -0.2) is 24.5 Å². The molecule has 1 atom stereocenters. The highest BCUT2D eigenvalue weighted by Crippen LogP contribution is 2.33. The first-order valence-corrected chi connectivity index (χ1v) is 7.76. The highest BCUT2D eigenvalue weighted by molar-refractivity contribution is 7.10. The first-order chi connectivity index (χ1) is 8.41. The maximum atomic E-state index is 5.88. The maximum Gasteiger partial charge on any atom is 0.0464 e. The molecule has 0 fully saturated rings. The number of hydrogen-bond donors (Lipinski definition) is 1. The van der Waals surface area contributed by atoms with E-state index in [1.165, 1.54) is 4.88 Å². The molecule has 0 saturated heterocycles. The zero-order valence-corrected chi connectivity index (χ0v) is 13.3. The van der Waals surface area contributed by atoms with Crippen molar-refractivity contribution in [2.45, 2.75) is 40.7 Å². The Bertz CT molecular complexity index is 330. The second kappa shape index (κ2) is 6.69. The van der Waals surface area contributed by atoms with Crippen molar-refractivity contribution in [3.63, 3.8) is 0 Å². The van der Waals surface area contributed by atoms with Crippen LogP contribution in [0, 0.1) is 11.3 Å². The molecule has 2 nitrogen and oxygen atoms in total. The van der Waals surface area contributed by atoms with E-state index in [4.69, 9.17) is 5.73 Å². The molecule has 0 radical (unpaired) electrons. The zero-order chi connectivity index (χ0) is 13.8. The summed E-state index contributed by atoms with van der Waals surface area (Å²) in [7, 11) is 0. The van der Waals surface area contributed by atoms with E-state index in [2.05, 4.69) is 57.0 Å². The molecule has 2 N–H and O–H groups in total. The fourth-order valence-electron chi connectivity index (χ4n) is 2.41. The zero-order valence-electron chi connectivity index (χ0n) is 12.4. The molecule has 3 heteroatoms. The van der Waals surface area contributed by atoms with E-state index >= 15 is 0 Å². The number of rotatable bonds is 7. The molecule has 0 bridgehead atoms. The Morgan fingerprint density at radius 2 is 2.06 bits per heavy atom. The van der Waals surface area contributed by atoms with Crippen molar-refractivity contribution in [1.82, 2.24) is 4.90 Å². The molecule has 0 aliphatic heterocycles. The largest absolute Gasteiger partial charge is 0.330 e. The van der Waals surface area contributed by atoms with Crippen LogP contribution in [-0.2, 0) is 0 Å². The molecule has 1 aromatic rings. The van der Waals surface area contributed by atoms with Crippen LogP contribution in [0.25, 0.3) is 0 Å². The lowest BCUT2D eigenvalue weighted by molar-refractivity contribution is 0.112. The van der Waals surface area contributed by atoms with Gasteiger partial charge in [-0.2, -0.15) is 0 Å². The van der Waals surface area contributed by atoms with E-state index < -0.39 is 0 Å². The van der Waals surface area contributed by atoms with Gasteiger partial charge in [0, 0.05) is 17.5 Å². The van der Waals surface area contributed by atoms with E-state index in [1.807, 2.05) is 11.3 Å². The lowest BCUT2D eigenvalue weighted by Gasteiger charge is -2.38. The summed E-state index contributed by atoms with van der Waals surface area (Å²) in [5.41, 5.74) is 6.06. The molecule has 0 aliphatic rings. The molecule has 0 saturated carbocycles. The highest BCUT2D eigenvalue weighted by atomic mass is 32.1. The number of nitrogens with zero attached hydrogens (tertiary/aromatic N) is 1. The lowest BCUT2D eigenvalue weighted by atomic mass is 9.90. The van der Waals surface area contributed by atoms with Gasteiger partial charge in [-0.3, -0.25) is 4.90 Å². The minimum atomic E-state index is 0.181. The summed E-state index contributed by atoms with van der Waals surface area (Å²) in [5, 5.41) is 2.17. The molecule has 0 spiro atoms. The third-order valence-electron chi connectivity index (χ3n) is 3.45. The second-order valence-electron chi connectivity index (χ2n) is 6.14. The van der Waals surface area contributed by atoms with Crippen LogP contribution < -0.4 is 5.73 Å². The third-order valence-corrected chi connectivity index (χ3v) is 4.39. The average molecular weight is 268 g/mol. The fourth-order valence-corrected chi connectivity index (χ4v) is 3.44. The van der Waals surface area contributed by atoms with E-state index in [0.717, 1.165) is 19.6 Å². The lowest BCUT2D eigenvalue weighted by Crippen LogP contribution is -2.41. The van der Waals surface area contributed by atoms with Gasteiger partial charge in [0.25, 0.3) is 0 Å². The van der Waals surface area contributed by atoms with Gasteiger partial charge < -0.3 is 5.73 Å². The predicted molar refractivity (Wildman–Crippen MR) is 82.0 cm³/mol. The van der Waals surface area contributed by atoms with Crippen molar-refractivity contribution < 1.29 is 0 Å². The summed E-state index contributed by atoms with van der Waals surface area (Å²) in [5.74, 6) is 0.622. The molecule has 0 amide bonds. The summed E-state index contributed by atoms with van der Waals surface area (Å²) in [6.07, 6.45) is 0. The molecule has 1 rings (SSSR count). The Kier molecular flexibility index (Phi) is 5.83. The van der Waals surface area contributed by atoms with Crippen molar-refractivity contribution in [3.8, 4) is 0 Å². The van der Waals surface area contributed by atoms with Gasteiger partial charge in [0.1, 0.15) is 0 Å². The van der Waals surface area contributed by atoms with Crippen LogP contribution in [0.5, 0.6) is 0 Å². The van der Waals surface area contributed by atoms with Crippen molar-refractivity contribution in [2.75, 3.05) is 19.6 Å². The van der Waals surface area contributed by atoms with Crippen molar-refractivity contribution >= 4 is 11.3 Å². The minimum absolute atomic E-state index is 0.181. The standard InChI is InChI=1S/C15H28N2S/c1-6-17(11-15(4,5)10-16)14(12(2)3)13-8-7-9-18-13/h7-9,12,14H,6,10-11,16H2,1-5H3. The van der Waals surface area contributed by atoms with Gasteiger partial charge in [0.2, 0.25) is 0 Å². The summed E-state index contributed by atoms with van der Waals surface area (Å²) in [6.45, 7) is 14.2. The summed E-state index contributed by atoms with van der Waals surface area (Å²) in [6, 6.07) is 4.92. The second-order valence-corrected chi connectivity index (χ2v) is 7.11. The van der Waals surface area contributed by atoms with Gasteiger partial charge in [0.05, 0.1) is 0 Å². The van der Waals surface area contributed by atoms with Gasteiger partial charge in [0.15, 0.2) is 0 Å². The van der Waals surface area contributed by atoms with Crippen molar-refractivity contribution in [3.05, 3.63) is 22.4 Å². The van der Waals surface area contributed by atoms with E-state index in [0.29, 0.717) is 12.0 Å².